The van der Waals surface area contributed by atoms with Crippen molar-refractivity contribution in [3.05, 3.63) is 48.0 Å². The number of para-hydroxylation sites is 1. The summed E-state index contributed by atoms with van der Waals surface area (Å²) in [5.74, 6) is 0.871. The van der Waals surface area contributed by atoms with Crippen LogP contribution in [0.1, 0.15) is 12.5 Å². The van der Waals surface area contributed by atoms with Crippen molar-refractivity contribution in [1.29, 1.82) is 0 Å². The lowest BCUT2D eigenvalue weighted by Gasteiger charge is -2.13. The molecule has 2 aromatic rings. The number of nitrogens with one attached hydrogen (secondary N) is 1. The van der Waals surface area contributed by atoms with Crippen molar-refractivity contribution < 1.29 is 8.42 Å². The highest BCUT2D eigenvalue weighted by atomic mass is 32.2. The molecule has 112 valence electrons. The molecular weight excluding hydrogens is 304 g/mol. The standard InChI is InChI=1S/C15H18N2O2S2/c1-3-20-14-7-5-4-6-13(14)17-21(18,19)15-10-12(16)9-8-11(15)2/h4-10,17H,3,16H2,1-2H3. The van der Waals surface area contributed by atoms with Gasteiger partial charge in [0, 0.05) is 10.6 Å². The lowest BCUT2D eigenvalue weighted by atomic mass is 10.2. The third-order valence-electron chi connectivity index (χ3n) is 2.93. The van der Waals surface area contributed by atoms with Crippen molar-refractivity contribution in [3.63, 3.8) is 0 Å². The van der Waals surface area contributed by atoms with Gasteiger partial charge in [0.2, 0.25) is 0 Å². The Kier molecular flexibility index (Phi) is 4.80. The molecule has 0 radical (unpaired) electrons. The number of thioether (sulfide) groups is 1. The van der Waals surface area contributed by atoms with Gasteiger partial charge in [-0.2, -0.15) is 0 Å². The maximum Gasteiger partial charge on any atom is 0.262 e. The molecule has 4 nitrogen and oxygen atoms in total. The highest BCUT2D eigenvalue weighted by Crippen LogP contribution is 2.29. The number of sulfonamides is 1. The van der Waals surface area contributed by atoms with Gasteiger partial charge in [0.25, 0.3) is 10.0 Å². The summed E-state index contributed by atoms with van der Waals surface area (Å²) in [6.07, 6.45) is 0. The molecule has 0 aliphatic heterocycles. The van der Waals surface area contributed by atoms with Crippen LogP contribution in [0, 0.1) is 6.92 Å². The summed E-state index contributed by atoms with van der Waals surface area (Å²) in [5.41, 5.74) is 7.38. The van der Waals surface area contributed by atoms with Gasteiger partial charge in [0.15, 0.2) is 0 Å². The first-order chi connectivity index (χ1) is 9.94. The molecule has 0 aliphatic carbocycles. The Bertz CT molecular complexity index is 743. The Balaban J connectivity index is 2.40. The molecule has 0 atom stereocenters. The van der Waals surface area contributed by atoms with E-state index in [0.29, 0.717) is 16.9 Å². The van der Waals surface area contributed by atoms with Gasteiger partial charge >= 0.3 is 0 Å². The molecule has 3 N–H and O–H groups in total. The minimum atomic E-state index is -3.65. The Morgan fingerprint density at radius 3 is 2.62 bits per heavy atom. The normalized spacial score (nSPS) is 11.3. The van der Waals surface area contributed by atoms with Gasteiger partial charge in [-0.05, 0) is 42.5 Å². The quantitative estimate of drug-likeness (QED) is 0.653. The van der Waals surface area contributed by atoms with Crippen LogP contribution in [-0.2, 0) is 10.0 Å². The number of benzene rings is 2. The van der Waals surface area contributed by atoms with Gasteiger partial charge in [-0.15, -0.1) is 11.8 Å². The largest absolute Gasteiger partial charge is 0.399 e. The lowest BCUT2D eigenvalue weighted by molar-refractivity contribution is 0.600. The molecule has 0 heterocycles. The first-order valence-electron chi connectivity index (χ1n) is 6.55. The summed E-state index contributed by atoms with van der Waals surface area (Å²) in [5, 5.41) is 0. The lowest BCUT2D eigenvalue weighted by Crippen LogP contribution is -2.15. The summed E-state index contributed by atoms with van der Waals surface area (Å²) in [4.78, 5) is 1.11. The fourth-order valence-corrected chi connectivity index (χ4v) is 4.12. The van der Waals surface area contributed by atoms with Gasteiger partial charge < -0.3 is 5.73 Å². The molecule has 0 saturated heterocycles. The molecule has 0 fully saturated rings. The number of nitrogens with two attached hydrogens (primary N) is 1. The summed E-state index contributed by atoms with van der Waals surface area (Å²) >= 11 is 1.59. The monoisotopic (exact) mass is 322 g/mol. The molecule has 0 saturated carbocycles. The van der Waals surface area contributed by atoms with Crippen molar-refractivity contribution in [2.24, 2.45) is 0 Å². The molecule has 0 unspecified atom stereocenters. The third-order valence-corrected chi connectivity index (χ3v) is 5.40. The SMILES string of the molecule is CCSc1ccccc1NS(=O)(=O)c1cc(N)ccc1C. The fraction of sp³-hybridized carbons (Fsp3) is 0.200. The van der Waals surface area contributed by atoms with E-state index < -0.39 is 10.0 Å². The smallest absolute Gasteiger partial charge is 0.262 e. The molecule has 2 rings (SSSR count). The van der Waals surface area contributed by atoms with Crippen LogP contribution in [0.25, 0.3) is 0 Å². The van der Waals surface area contributed by atoms with Crippen LogP contribution in [0.4, 0.5) is 11.4 Å². The number of hydrogen-bond acceptors (Lipinski definition) is 4. The van der Waals surface area contributed by atoms with E-state index in [9.17, 15) is 8.42 Å². The predicted molar refractivity (Wildman–Crippen MR) is 89.2 cm³/mol. The number of nitrogen functional groups attached to an aromatic ring is 1. The Hall–Kier alpha value is -1.66. The zero-order chi connectivity index (χ0) is 15.5. The second kappa shape index (κ2) is 6.41. The van der Waals surface area contributed by atoms with Crippen LogP contribution in [0.2, 0.25) is 0 Å². The number of hydrogen-bond donors (Lipinski definition) is 2. The van der Waals surface area contributed by atoms with Gasteiger partial charge in [0.05, 0.1) is 10.6 Å². The topological polar surface area (TPSA) is 72.2 Å². The van der Waals surface area contributed by atoms with Crippen molar-refractivity contribution in [1.82, 2.24) is 0 Å². The highest BCUT2D eigenvalue weighted by Gasteiger charge is 2.18. The zero-order valence-corrected chi connectivity index (χ0v) is 13.6. The predicted octanol–water partition coefficient (Wildman–Crippen LogP) is 3.49. The number of rotatable bonds is 5. The van der Waals surface area contributed by atoms with E-state index in [0.717, 1.165) is 10.6 Å². The second-order valence-corrected chi connectivity index (χ2v) is 7.52. The van der Waals surface area contributed by atoms with E-state index in [1.165, 1.54) is 6.07 Å². The van der Waals surface area contributed by atoms with Gasteiger partial charge in [-0.3, -0.25) is 4.72 Å². The summed E-state index contributed by atoms with van der Waals surface area (Å²) in [6, 6.07) is 12.2. The van der Waals surface area contributed by atoms with Crippen LogP contribution < -0.4 is 10.5 Å². The Labute approximate surface area is 129 Å². The first kappa shape index (κ1) is 15.7. The van der Waals surface area contributed by atoms with Crippen molar-refractivity contribution in [3.8, 4) is 0 Å². The van der Waals surface area contributed by atoms with E-state index in [-0.39, 0.29) is 4.90 Å². The molecule has 6 heteroatoms. The van der Waals surface area contributed by atoms with E-state index in [4.69, 9.17) is 5.73 Å². The summed E-state index contributed by atoms with van der Waals surface area (Å²) in [7, 11) is -3.65. The maximum absolute atomic E-state index is 12.6. The highest BCUT2D eigenvalue weighted by molar-refractivity contribution is 7.99. The molecule has 0 aromatic heterocycles. The van der Waals surface area contributed by atoms with E-state index >= 15 is 0 Å². The summed E-state index contributed by atoms with van der Waals surface area (Å²) in [6.45, 7) is 3.78. The minimum Gasteiger partial charge on any atom is -0.399 e. The molecule has 0 aliphatic rings. The fourth-order valence-electron chi connectivity index (χ4n) is 1.94. The van der Waals surface area contributed by atoms with Crippen LogP contribution in [-0.4, -0.2) is 14.2 Å². The van der Waals surface area contributed by atoms with E-state index in [1.54, 1.807) is 36.9 Å². The molecular formula is C15H18N2O2S2. The average Bonchev–Trinajstić information content (AvgIpc) is 2.43. The van der Waals surface area contributed by atoms with E-state index in [1.807, 2.05) is 25.1 Å². The third kappa shape index (κ3) is 3.71. The first-order valence-corrected chi connectivity index (χ1v) is 9.01. The van der Waals surface area contributed by atoms with Crippen LogP contribution >= 0.6 is 11.8 Å². The molecule has 0 amide bonds. The van der Waals surface area contributed by atoms with Crippen LogP contribution in [0.5, 0.6) is 0 Å². The van der Waals surface area contributed by atoms with Gasteiger partial charge in [-0.25, -0.2) is 8.42 Å². The Morgan fingerprint density at radius 2 is 1.90 bits per heavy atom. The minimum absolute atomic E-state index is 0.207. The number of aryl methyl sites for hydroxylation is 1. The van der Waals surface area contributed by atoms with E-state index in [2.05, 4.69) is 4.72 Å². The number of anilines is 2. The average molecular weight is 322 g/mol. The molecule has 0 bridgehead atoms. The van der Waals surface area contributed by atoms with Gasteiger partial charge in [0.1, 0.15) is 0 Å². The van der Waals surface area contributed by atoms with Crippen molar-refractivity contribution in [2.45, 2.75) is 23.6 Å². The van der Waals surface area contributed by atoms with Gasteiger partial charge in [-0.1, -0.05) is 25.1 Å². The molecule has 21 heavy (non-hydrogen) atoms. The molecule has 0 spiro atoms. The molecule has 2 aromatic carbocycles. The van der Waals surface area contributed by atoms with Crippen molar-refractivity contribution >= 4 is 33.2 Å². The van der Waals surface area contributed by atoms with Crippen LogP contribution in [0.3, 0.4) is 0 Å². The maximum atomic E-state index is 12.6. The summed E-state index contributed by atoms with van der Waals surface area (Å²) < 4.78 is 27.8. The second-order valence-electron chi connectivity index (χ2n) is 4.56. The van der Waals surface area contributed by atoms with Crippen molar-refractivity contribution in [2.75, 3.05) is 16.2 Å². The Morgan fingerprint density at radius 1 is 1.19 bits per heavy atom. The zero-order valence-electron chi connectivity index (χ0n) is 12.0. The van der Waals surface area contributed by atoms with Crippen LogP contribution in [0.15, 0.2) is 52.3 Å².